The number of unbranched alkanes of at least 4 members (excludes halogenated alkanes) is 5. The van der Waals surface area contributed by atoms with Crippen LogP contribution in [0.5, 0.6) is 0 Å². The van der Waals surface area contributed by atoms with Gasteiger partial charge in [0.05, 0.1) is 10.9 Å². The first-order valence-electron chi connectivity index (χ1n) is 10.8. The number of rotatable bonds is 9. The number of nitrogens with zero attached hydrogens (tertiary/aromatic N) is 3. The maximum Gasteiger partial charge on any atom is 0.267 e. The monoisotopic (exact) mass is 409 g/mol. The molecule has 7 heteroatoms. The summed E-state index contributed by atoms with van der Waals surface area (Å²) in [6, 6.07) is 6.84. The number of carbonyl (C=O) groups excluding carboxylic acids is 1. The molecule has 0 aromatic carbocycles. The highest BCUT2D eigenvalue weighted by atomic mass is 16.1. The molecule has 0 unspecified atom stereocenters. The van der Waals surface area contributed by atoms with Gasteiger partial charge < -0.3 is 9.88 Å². The Bertz CT molecular complexity index is 1160. The van der Waals surface area contributed by atoms with E-state index in [4.69, 9.17) is 5.41 Å². The van der Waals surface area contributed by atoms with E-state index in [9.17, 15) is 9.59 Å². The Morgan fingerprint density at radius 2 is 1.90 bits per heavy atom. The van der Waals surface area contributed by atoms with Crippen LogP contribution in [0.3, 0.4) is 0 Å². The summed E-state index contributed by atoms with van der Waals surface area (Å²) < 4.78 is 3.20. The zero-order valence-corrected chi connectivity index (χ0v) is 18.1. The zero-order chi connectivity index (χ0) is 21.7. The van der Waals surface area contributed by atoms with Crippen LogP contribution >= 0.6 is 0 Å². The SMILES string of the molecule is CCCCCCCCn1c(=N)c(C(=O)NC(C)C)cc2c(=O)n3ccccc3nc21. The molecule has 0 radical (unpaired) electrons. The van der Waals surface area contributed by atoms with E-state index < -0.39 is 0 Å². The summed E-state index contributed by atoms with van der Waals surface area (Å²) in [5, 5.41) is 11.9. The molecule has 0 atom stereocenters. The van der Waals surface area contributed by atoms with E-state index >= 15 is 0 Å². The zero-order valence-electron chi connectivity index (χ0n) is 18.1. The molecule has 3 aromatic rings. The summed E-state index contributed by atoms with van der Waals surface area (Å²) in [5.41, 5.74) is 1.07. The third kappa shape index (κ3) is 4.61. The number of amides is 1. The molecule has 0 saturated carbocycles. The average molecular weight is 410 g/mol. The number of pyridine rings is 2. The summed E-state index contributed by atoms with van der Waals surface area (Å²) in [4.78, 5) is 30.5. The van der Waals surface area contributed by atoms with Crippen molar-refractivity contribution in [1.82, 2.24) is 19.3 Å². The van der Waals surface area contributed by atoms with Crippen molar-refractivity contribution in [2.45, 2.75) is 71.9 Å². The largest absolute Gasteiger partial charge is 0.350 e. The number of aryl methyl sites for hydroxylation is 1. The van der Waals surface area contributed by atoms with Crippen LogP contribution in [0, 0.1) is 5.41 Å². The lowest BCUT2D eigenvalue weighted by molar-refractivity contribution is 0.0940. The molecule has 3 aromatic heterocycles. The van der Waals surface area contributed by atoms with Crippen molar-refractivity contribution in [1.29, 1.82) is 5.41 Å². The summed E-state index contributed by atoms with van der Waals surface area (Å²) >= 11 is 0. The number of aromatic nitrogens is 3. The highest BCUT2D eigenvalue weighted by Crippen LogP contribution is 2.12. The predicted octanol–water partition coefficient (Wildman–Crippen LogP) is 3.63. The van der Waals surface area contributed by atoms with Gasteiger partial charge in [-0.1, -0.05) is 45.1 Å². The lowest BCUT2D eigenvalue weighted by atomic mass is 10.1. The summed E-state index contributed by atoms with van der Waals surface area (Å²) in [7, 11) is 0. The fourth-order valence-electron chi connectivity index (χ4n) is 3.67. The van der Waals surface area contributed by atoms with Crippen molar-refractivity contribution in [3.05, 3.63) is 51.9 Å². The number of nitrogens with one attached hydrogen (secondary N) is 2. The Balaban J connectivity index is 2.10. The quantitative estimate of drug-likeness (QED) is 0.417. The van der Waals surface area contributed by atoms with Crippen molar-refractivity contribution in [3.8, 4) is 0 Å². The maximum atomic E-state index is 13.1. The Labute approximate surface area is 176 Å². The van der Waals surface area contributed by atoms with Gasteiger partial charge in [-0.15, -0.1) is 0 Å². The van der Waals surface area contributed by atoms with E-state index in [1.165, 1.54) is 29.7 Å². The smallest absolute Gasteiger partial charge is 0.267 e. The minimum absolute atomic E-state index is 0.0598. The Hall–Kier alpha value is -2.96. The standard InChI is InChI=1S/C23H31N5O2/c1-4-5-6-7-8-10-14-28-20(24)17(22(29)25-16(2)3)15-18-21(28)26-19-12-9-11-13-27(19)23(18)30/h9,11-13,15-16,24H,4-8,10,14H2,1-3H3,(H,25,29). The van der Waals surface area contributed by atoms with Crippen LogP contribution in [-0.4, -0.2) is 25.9 Å². The van der Waals surface area contributed by atoms with Gasteiger partial charge in [0.25, 0.3) is 11.5 Å². The predicted molar refractivity (Wildman–Crippen MR) is 119 cm³/mol. The van der Waals surface area contributed by atoms with E-state index in [2.05, 4.69) is 17.2 Å². The summed E-state index contributed by atoms with van der Waals surface area (Å²) in [5.74, 6) is -0.342. The number of hydrogen-bond acceptors (Lipinski definition) is 4. The van der Waals surface area contributed by atoms with Gasteiger partial charge in [0.15, 0.2) is 0 Å². The molecular weight excluding hydrogens is 378 g/mol. The van der Waals surface area contributed by atoms with Crippen molar-refractivity contribution in [3.63, 3.8) is 0 Å². The Kier molecular flexibility index (Phi) is 7.03. The van der Waals surface area contributed by atoms with E-state index in [1.54, 1.807) is 22.9 Å². The maximum absolute atomic E-state index is 13.1. The molecule has 3 rings (SSSR count). The van der Waals surface area contributed by atoms with E-state index in [0.29, 0.717) is 23.2 Å². The van der Waals surface area contributed by atoms with Gasteiger partial charge in [-0.05, 0) is 38.5 Å². The van der Waals surface area contributed by atoms with Crippen LogP contribution in [0.2, 0.25) is 0 Å². The van der Waals surface area contributed by atoms with Crippen molar-refractivity contribution >= 4 is 22.6 Å². The van der Waals surface area contributed by atoms with Crippen LogP contribution in [0.15, 0.2) is 35.3 Å². The highest BCUT2D eigenvalue weighted by Gasteiger charge is 2.17. The van der Waals surface area contributed by atoms with E-state index in [-0.39, 0.29) is 28.6 Å². The molecule has 0 spiro atoms. The molecule has 1 amide bonds. The molecule has 2 N–H and O–H groups in total. The minimum atomic E-state index is -0.342. The van der Waals surface area contributed by atoms with Crippen LogP contribution in [-0.2, 0) is 6.54 Å². The van der Waals surface area contributed by atoms with Gasteiger partial charge in [0, 0.05) is 18.8 Å². The Morgan fingerprint density at radius 3 is 2.63 bits per heavy atom. The molecule has 0 bridgehead atoms. The second-order valence-corrected chi connectivity index (χ2v) is 8.04. The number of fused-ring (bicyclic) bond motifs is 2. The van der Waals surface area contributed by atoms with Gasteiger partial charge in [-0.3, -0.25) is 19.4 Å². The molecule has 7 nitrogen and oxygen atoms in total. The lowest BCUT2D eigenvalue weighted by Gasteiger charge is -2.15. The molecule has 3 heterocycles. The van der Waals surface area contributed by atoms with Crippen LogP contribution in [0.1, 0.15) is 69.7 Å². The van der Waals surface area contributed by atoms with Gasteiger partial charge in [-0.2, -0.15) is 0 Å². The lowest BCUT2D eigenvalue weighted by Crippen LogP contribution is -2.37. The molecule has 0 fully saturated rings. The number of hydrogen-bond donors (Lipinski definition) is 2. The normalized spacial score (nSPS) is 11.5. The molecule has 0 aliphatic rings. The van der Waals surface area contributed by atoms with Crippen molar-refractivity contribution < 1.29 is 4.79 Å². The first kappa shape index (κ1) is 21.7. The summed E-state index contributed by atoms with van der Waals surface area (Å²) in [6.45, 7) is 6.49. The molecular formula is C23H31N5O2. The van der Waals surface area contributed by atoms with E-state index in [1.807, 2.05) is 19.9 Å². The van der Waals surface area contributed by atoms with E-state index in [0.717, 1.165) is 19.3 Å². The third-order valence-corrected chi connectivity index (χ3v) is 5.22. The van der Waals surface area contributed by atoms with Gasteiger partial charge >= 0.3 is 0 Å². The molecule has 0 aliphatic heterocycles. The number of carbonyl (C=O) groups is 1. The fraction of sp³-hybridized carbons (Fsp3) is 0.478. The third-order valence-electron chi connectivity index (χ3n) is 5.22. The first-order chi connectivity index (χ1) is 14.4. The minimum Gasteiger partial charge on any atom is -0.350 e. The Morgan fingerprint density at radius 1 is 1.17 bits per heavy atom. The molecule has 0 saturated heterocycles. The first-order valence-corrected chi connectivity index (χ1v) is 10.8. The van der Waals surface area contributed by atoms with Crippen molar-refractivity contribution in [2.75, 3.05) is 0 Å². The second-order valence-electron chi connectivity index (χ2n) is 8.04. The van der Waals surface area contributed by atoms with Crippen LogP contribution in [0.4, 0.5) is 0 Å². The average Bonchev–Trinajstić information content (AvgIpc) is 2.71. The highest BCUT2D eigenvalue weighted by molar-refractivity contribution is 5.96. The molecule has 160 valence electrons. The fourth-order valence-corrected chi connectivity index (χ4v) is 3.67. The molecule has 30 heavy (non-hydrogen) atoms. The van der Waals surface area contributed by atoms with Crippen LogP contribution < -0.4 is 16.4 Å². The topological polar surface area (TPSA) is 92.2 Å². The van der Waals surface area contributed by atoms with Crippen molar-refractivity contribution in [2.24, 2.45) is 0 Å². The summed E-state index contributed by atoms with van der Waals surface area (Å²) in [6.07, 6.45) is 8.37. The second kappa shape index (κ2) is 9.69. The van der Waals surface area contributed by atoms with Gasteiger partial charge in [0.1, 0.15) is 16.8 Å². The van der Waals surface area contributed by atoms with Gasteiger partial charge in [-0.25, -0.2) is 4.98 Å². The van der Waals surface area contributed by atoms with Crippen LogP contribution in [0.25, 0.3) is 16.7 Å². The van der Waals surface area contributed by atoms with Gasteiger partial charge in [0.2, 0.25) is 0 Å². The molecule has 0 aliphatic carbocycles.